The second-order valence-electron chi connectivity index (χ2n) is 7.20. The Morgan fingerprint density at radius 3 is 2.73 bits per heavy atom. The summed E-state index contributed by atoms with van der Waals surface area (Å²) >= 11 is 1.38. The highest BCUT2D eigenvalue weighted by Gasteiger charge is 2.29. The Kier molecular flexibility index (Phi) is 6.71. The summed E-state index contributed by atoms with van der Waals surface area (Å²) in [6.07, 6.45) is 3.86. The molecule has 0 radical (unpaired) electrons. The van der Waals surface area contributed by atoms with Crippen molar-refractivity contribution in [2.45, 2.75) is 39.7 Å². The van der Waals surface area contributed by atoms with Crippen LogP contribution >= 0.6 is 11.3 Å². The zero-order valence-corrected chi connectivity index (χ0v) is 18.0. The van der Waals surface area contributed by atoms with E-state index in [1.807, 2.05) is 0 Å². The van der Waals surface area contributed by atoms with Gasteiger partial charge in [-0.3, -0.25) is 9.59 Å². The number of pyridine rings is 1. The predicted octanol–water partition coefficient (Wildman–Crippen LogP) is 2.64. The van der Waals surface area contributed by atoms with Crippen molar-refractivity contribution in [2.24, 2.45) is 5.92 Å². The molecule has 0 fully saturated rings. The molecule has 1 unspecified atom stereocenters. The van der Waals surface area contributed by atoms with Crippen LogP contribution in [0.4, 0.5) is 5.00 Å². The van der Waals surface area contributed by atoms with Crippen LogP contribution in [0.1, 0.15) is 51.4 Å². The zero-order valence-electron chi connectivity index (χ0n) is 17.1. The number of fused-ring (bicyclic) bond motifs is 1. The molecule has 2 aromatic heterocycles. The highest BCUT2D eigenvalue weighted by atomic mass is 32.1. The largest absolute Gasteiger partial charge is 0.465 e. The van der Waals surface area contributed by atoms with Gasteiger partial charge < -0.3 is 19.4 Å². The highest BCUT2D eigenvalue weighted by Crippen LogP contribution is 2.40. The van der Waals surface area contributed by atoms with Gasteiger partial charge in [0, 0.05) is 17.1 Å². The highest BCUT2D eigenvalue weighted by molar-refractivity contribution is 7.17. The fourth-order valence-corrected chi connectivity index (χ4v) is 4.89. The first-order valence-electron chi connectivity index (χ1n) is 9.74. The van der Waals surface area contributed by atoms with Gasteiger partial charge in [-0.25, -0.2) is 9.59 Å². The number of rotatable bonds is 6. The molecule has 30 heavy (non-hydrogen) atoms. The third-order valence-electron chi connectivity index (χ3n) is 4.96. The van der Waals surface area contributed by atoms with E-state index in [-0.39, 0.29) is 18.7 Å². The maximum atomic E-state index is 12.7. The summed E-state index contributed by atoms with van der Waals surface area (Å²) in [7, 11) is 1.24. The van der Waals surface area contributed by atoms with Crippen molar-refractivity contribution in [2.75, 3.05) is 19.0 Å². The maximum absolute atomic E-state index is 12.7. The number of anilines is 1. The van der Waals surface area contributed by atoms with Crippen molar-refractivity contribution < 1.29 is 23.9 Å². The van der Waals surface area contributed by atoms with Gasteiger partial charge in [-0.05, 0) is 43.7 Å². The number of carbonyl (C=O) groups excluding carboxylic acids is 3. The lowest BCUT2D eigenvalue weighted by Gasteiger charge is -2.18. The van der Waals surface area contributed by atoms with Crippen LogP contribution in [0.5, 0.6) is 0 Å². The fraction of sp³-hybridized carbons (Fsp3) is 0.429. The van der Waals surface area contributed by atoms with E-state index >= 15 is 0 Å². The topological polar surface area (TPSA) is 104 Å². The number of methoxy groups -OCH3 is 1. The van der Waals surface area contributed by atoms with Crippen LogP contribution in [0.2, 0.25) is 0 Å². The van der Waals surface area contributed by atoms with E-state index in [1.54, 1.807) is 6.92 Å². The van der Waals surface area contributed by atoms with E-state index in [1.165, 1.54) is 36.8 Å². The summed E-state index contributed by atoms with van der Waals surface area (Å²) in [6.45, 7) is 3.83. The minimum atomic E-state index is -0.603. The molecule has 1 N–H and O–H groups in total. The Labute approximate surface area is 177 Å². The zero-order chi connectivity index (χ0) is 21.8. The number of nitrogens with zero attached hydrogens (tertiary/aromatic N) is 1. The molecular weight excluding hydrogens is 408 g/mol. The molecule has 1 atom stereocenters. The number of amides is 1. The normalized spacial score (nSPS) is 15.2. The number of carbonyl (C=O) groups is 3. The molecule has 9 heteroatoms. The molecule has 0 aromatic carbocycles. The first kappa shape index (κ1) is 21.8. The molecule has 1 amide bonds. The quantitative estimate of drug-likeness (QED) is 0.704. The van der Waals surface area contributed by atoms with Crippen LogP contribution in [-0.2, 0) is 33.7 Å². The molecule has 1 aliphatic rings. The van der Waals surface area contributed by atoms with Crippen LogP contribution in [0.3, 0.4) is 0 Å². The lowest BCUT2D eigenvalue weighted by molar-refractivity contribution is -0.116. The lowest BCUT2D eigenvalue weighted by Crippen LogP contribution is -2.28. The van der Waals surface area contributed by atoms with Gasteiger partial charge in [0.25, 0.3) is 5.56 Å². The number of hydrogen-bond donors (Lipinski definition) is 1. The van der Waals surface area contributed by atoms with E-state index in [0.29, 0.717) is 16.5 Å². The molecule has 0 aliphatic heterocycles. The first-order chi connectivity index (χ1) is 14.3. The summed E-state index contributed by atoms with van der Waals surface area (Å²) in [5.74, 6) is -1.02. The Morgan fingerprint density at radius 1 is 1.27 bits per heavy atom. The molecule has 0 saturated heterocycles. The van der Waals surface area contributed by atoms with E-state index in [2.05, 4.69) is 17.0 Å². The number of hydrogen-bond acceptors (Lipinski definition) is 7. The Balaban J connectivity index is 1.86. The van der Waals surface area contributed by atoms with E-state index in [0.717, 1.165) is 34.3 Å². The van der Waals surface area contributed by atoms with Gasteiger partial charge in [-0.1, -0.05) is 6.92 Å². The molecular formula is C21H24N2O6S. The van der Waals surface area contributed by atoms with Gasteiger partial charge in [0.2, 0.25) is 5.91 Å². The van der Waals surface area contributed by atoms with Gasteiger partial charge in [0.1, 0.15) is 11.5 Å². The molecule has 3 rings (SSSR count). The molecule has 1 aliphatic carbocycles. The number of aromatic nitrogens is 1. The van der Waals surface area contributed by atoms with Crippen LogP contribution in [0, 0.1) is 5.92 Å². The number of esters is 2. The average molecular weight is 432 g/mol. The van der Waals surface area contributed by atoms with Gasteiger partial charge in [-0.15, -0.1) is 11.3 Å². The number of nitrogens with one attached hydrogen (secondary N) is 1. The van der Waals surface area contributed by atoms with E-state index in [4.69, 9.17) is 4.74 Å². The van der Waals surface area contributed by atoms with Crippen molar-refractivity contribution >= 4 is 34.2 Å². The molecule has 8 nitrogen and oxygen atoms in total. The third-order valence-corrected chi connectivity index (χ3v) is 6.13. The van der Waals surface area contributed by atoms with E-state index in [9.17, 15) is 19.2 Å². The average Bonchev–Trinajstić information content (AvgIpc) is 3.05. The van der Waals surface area contributed by atoms with Crippen LogP contribution in [0.25, 0.3) is 0 Å². The summed E-state index contributed by atoms with van der Waals surface area (Å²) in [5.41, 5.74) is 1.09. The van der Waals surface area contributed by atoms with Gasteiger partial charge in [0.05, 0.1) is 24.8 Å². The van der Waals surface area contributed by atoms with Crippen molar-refractivity contribution in [1.29, 1.82) is 0 Å². The SMILES string of the molecule is CCOC(=O)c1c(NC(=O)Cn2cc(C(=O)OC)ccc2=O)sc2c1CCC(C)C2. The number of ether oxygens (including phenoxy) is 2. The van der Waals surface area contributed by atoms with Crippen LogP contribution < -0.4 is 10.9 Å². The van der Waals surface area contributed by atoms with Gasteiger partial charge in [-0.2, -0.15) is 0 Å². The minimum absolute atomic E-state index is 0.165. The Morgan fingerprint density at radius 2 is 2.03 bits per heavy atom. The smallest absolute Gasteiger partial charge is 0.341 e. The summed E-state index contributed by atoms with van der Waals surface area (Å²) in [5, 5.41) is 3.20. The number of thiophene rings is 1. The lowest BCUT2D eigenvalue weighted by atomic mass is 9.88. The van der Waals surface area contributed by atoms with Crippen LogP contribution in [-0.4, -0.2) is 36.1 Å². The molecule has 160 valence electrons. The maximum Gasteiger partial charge on any atom is 0.341 e. The first-order valence-corrected chi connectivity index (χ1v) is 10.6. The standard InChI is InChI=1S/C21H24N2O6S/c1-4-29-21(27)18-14-7-5-12(2)9-15(14)30-19(18)22-16(24)11-23-10-13(20(26)28-3)6-8-17(23)25/h6,8,10,12H,4-5,7,9,11H2,1-3H3,(H,22,24). The predicted molar refractivity (Wildman–Crippen MR) is 112 cm³/mol. The molecule has 2 aromatic rings. The second-order valence-corrected chi connectivity index (χ2v) is 8.31. The fourth-order valence-electron chi connectivity index (χ4n) is 3.47. The summed E-state index contributed by atoms with van der Waals surface area (Å²) in [4.78, 5) is 50.1. The summed E-state index contributed by atoms with van der Waals surface area (Å²) < 4.78 is 11.0. The van der Waals surface area contributed by atoms with Crippen molar-refractivity contribution in [3.05, 3.63) is 50.3 Å². The minimum Gasteiger partial charge on any atom is -0.465 e. The van der Waals surface area contributed by atoms with Gasteiger partial charge >= 0.3 is 11.9 Å². The molecule has 0 spiro atoms. The molecule has 0 bridgehead atoms. The van der Waals surface area contributed by atoms with Crippen LogP contribution in [0.15, 0.2) is 23.1 Å². The molecule has 0 saturated carbocycles. The molecule has 2 heterocycles. The third kappa shape index (κ3) is 4.62. The van der Waals surface area contributed by atoms with E-state index < -0.39 is 23.4 Å². The van der Waals surface area contributed by atoms with Crippen molar-refractivity contribution in [3.8, 4) is 0 Å². The Hall–Kier alpha value is -2.94. The Bertz CT molecular complexity index is 1040. The van der Waals surface area contributed by atoms with Crippen molar-refractivity contribution in [3.63, 3.8) is 0 Å². The summed E-state index contributed by atoms with van der Waals surface area (Å²) in [6, 6.07) is 2.55. The second kappa shape index (κ2) is 9.25. The van der Waals surface area contributed by atoms with Gasteiger partial charge in [0.15, 0.2) is 0 Å². The monoisotopic (exact) mass is 432 g/mol. The van der Waals surface area contributed by atoms with Crippen molar-refractivity contribution in [1.82, 2.24) is 4.57 Å².